The average molecular weight is 408 g/mol. The summed E-state index contributed by atoms with van der Waals surface area (Å²) in [7, 11) is 1.50. The second-order valence-electron chi connectivity index (χ2n) is 7.70. The maximum atomic E-state index is 14.8. The van der Waals surface area contributed by atoms with E-state index in [0.717, 1.165) is 12.1 Å². The highest BCUT2D eigenvalue weighted by Gasteiger charge is 2.64. The quantitative estimate of drug-likeness (QED) is 0.391. The number of hydrogen-bond donors (Lipinski definition) is 1. The zero-order chi connectivity index (χ0) is 21.2. The zero-order valence-electron chi connectivity index (χ0n) is 17.0. The Kier molecular flexibility index (Phi) is 6.00. The van der Waals surface area contributed by atoms with Crippen LogP contribution in [0.3, 0.4) is 0 Å². The van der Waals surface area contributed by atoms with Gasteiger partial charge in [-0.25, -0.2) is 18.4 Å². The monoisotopic (exact) mass is 408 g/mol. The van der Waals surface area contributed by atoms with Crippen LogP contribution in [-0.4, -0.2) is 39.0 Å². The number of aromatic nitrogens is 3. The van der Waals surface area contributed by atoms with Crippen LogP contribution in [0.15, 0.2) is 36.0 Å². The number of halogens is 2. The molecule has 0 saturated heterocycles. The summed E-state index contributed by atoms with van der Waals surface area (Å²) >= 11 is 0. The number of rotatable bonds is 9. The first kappa shape index (κ1) is 21.3. The van der Waals surface area contributed by atoms with Crippen LogP contribution in [0.5, 0.6) is 0 Å². The third-order valence-corrected chi connectivity index (χ3v) is 5.44. The molecule has 1 saturated carbocycles. The molecule has 2 unspecified atom stereocenters. The minimum Gasteiger partial charge on any atom is -0.382 e. The number of hydrogen-bond acceptors (Lipinski definition) is 6. The summed E-state index contributed by atoms with van der Waals surface area (Å²) in [6, 6.07) is 3.18. The van der Waals surface area contributed by atoms with Crippen LogP contribution >= 0.6 is 0 Å². The predicted molar refractivity (Wildman–Crippen MR) is 102 cm³/mol. The Labute approximate surface area is 168 Å². The number of aliphatic hydroxyl groups is 1. The molecule has 1 aliphatic carbocycles. The summed E-state index contributed by atoms with van der Waals surface area (Å²) < 4.78 is 34.9. The van der Waals surface area contributed by atoms with Gasteiger partial charge in [-0.1, -0.05) is 25.1 Å². The molecule has 1 aromatic heterocycles. The molecule has 3 rings (SSSR count). The van der Waals surface area contributed by atoms with Crippen LogP contribution in [0.25, 0.3) is 0 Å². The van der Waals surface area contributed by atoms with Gasteiger partial charge in [0.05, 0.1) is 12.3 Å². The summed E-state index contributed by atoms with van der Waals surface area (Å²) in [6.45, 7) is 5.48. The highest BCUT2D eigenvalue weighted by molar-refractivity contribution is 5.95. The molecule has 29 heavy (non-hydrogen) atoms. The van der Waals surface area contributed by atoms with Crippen LogP contribution in [0.4, 0.5) is 8.78 Å². The minimum absolute atomic E-state index is 0.0139. The summed E-state index contributed by atoms with van der Waals surface area (Å²) in [6.07, 6.45) is 3.33. The van der Waals surface area contributed by atoms with Gasteiger partial charge in [-0.05, 0) is 24.8 Å². The number of methoxy groups -OCH3 is 1. The van der Waals surface area contributed by atoms with Gasteiger partial charge in [0.2, 0.25) is 6.29 Å². The molecular formula is C20H26F2N4O3. The van der Waals surface area contributed by atoms with Crippen molar-refractivity contribution >= 4 is 5.71 Å². The standard InChI is InChI=1S/C20H26F2N4O3/c1-13(2)18(25-29-14(3)28-4)19(7-8-19)20(27,10-26-12-23-11-24-26)16-6-5-15(21)9-17(16)22/h5-6,9,11-14,27H,7-8,10H2,1-4H3/b25-18+. The van der Waals surface area contributed by atoms with Gasteiger partial charge < -0.3 is 14.7 Å². The fourth-order valence-electron chi connectivity index (χ4n) is 3.79. The molecule has 1 aliphatic rings. The van der Waals surface area contributed by atoms with Crippen molar-refractivity contribution in [2.75, 3.05) is 7.11 Å². The Hall–Kier alpha value is -2.39. The van der Waals surface area contributed by atoms with Crippen molar-refractivity contribution in [3.63, 3.8) is 0 Å². The largest absolute Gasteiger partial charge is 0.382 e. The Morgan fingerprint density at radius 2 is 2.07 bits per heavy atom. The first-order chi connectivity index (χ1) is 13.7. The van der Waals surface area contributed by atoms with Gasteiger partial charge in [0, 0.05) is 31.1 Å². The first-order valence-electron chi connectivity index (χ1n) is 9.51. The molecule has 0 spiro atoms. The van der Waals surface area contributed by atoms with Crippen molar-refractivity contribution in [3.8, 4) is 0 Å². The van der Waals surface area contributed by atoms with E-state index in [-0.39, 0.29) is 18.0 Å². The van der Waals surface area contributed by atoms with E-state index in [2.05, 4.69) is 15.2 Å². The van der Waals surface area contributed by atoms with Crippen LogP contribution in [0.1, 0.15) is 39.2 Å². The maximum Gasteiger partial charge on any atom is 0.223 e. The number of nitrogens with zero attached hydrogens (tertiary/aromatic N) is 4. The van der Waals surface area contributed by atoms with Gasteiger partial charge in [0.15, 0.2) is 0 Å². The lowest BCUT2D eigenvalue weighted by molar-refractivity contribution is -0.112. The van der Waals surface area contributed by atoms with E-state index in [1.807, 2.05) is 13.8 Å². The molecule has 0 bridgehead atoms. The van der Waals surface area contributed by atoms with Crippen molar-refractivity contribution in [1.29, 1.82) is 0 Å². The van der Waals surface area contributed by atoms with Crippen molar-refractivity contribution in [2.24, 2.45) is 16.5 Å². The molecular weight excluding hydrogens is 382 g/mol. The molecule has 1 heterocycles. The van der Waals surface area contributed by atoms with Crippen LogP contribution < -0.4 is 0 Å². The Morgan fingerprint density at radius 3 is 2.59 bits per heavy atom. The van der Waals surface area contributed by atoms with Crippen LogP contribution in [0, 0.1) is 23.0 Å². The van der Waals surface area contributed by atoms with Gasteiger partial charge in [-0.3, -0.25) is 0 Å². The van der Waals surface area contributed by atoms with Crippen LogP contribution in [0.2, 0.25) is 0 Å². The van der Waals surface area contributed by atoms with Crippen LogP contribution in [-0.2, 0) is 21.7 Å². The number of oxime groups is 1. The molecule has 2 atom stereocenters. The molecule has 1 N–H and O–H groups in total. The Morgan fingerprint density at radius 1 is 1.34 bits per heavy atom. The first-order valence-corrected chi connectivity index (χ1v) is 9.51. The van der Waals surface area contributed by atoms with Crippen molar-refractivity contribution in [3.05, 3.63) is 48.1 Å². The summed E-state index contributed by atoms with van der Waals surface area (Å²) in [5.41, 5.74) is -2.05. The van der Waals surface area contributed by atoms with Gasteiger partial charge in [-0.15, -0.1) is 0 Å². The fraction of sp³-hybridized carbons (Fsp3) is 0.550. The van der Waals surface area contributed by atoms with E-state index in [0.29, 0.717) is 18.6 Å². The lowest BCUT2D eigenvalue weighted by Crippen LogP contribution is -2.47. The molecule has 158 valence electrons. The SMILES string of the molecule is COC(C)O/N=C(\C(C)C)C1(C(O)(Cn2cncn2)c2ccc(F)cc2F)CC1. The smallest absolute Gasteiger partial charge is 0.223 e. The van der Waals surface area contributed by atoms with Gasteiger partial charge in [0.1, 0.15) is 29.9 Å². The predicted octanol–water partition coefficient (Wildman–Crippen LogP) is 3.25. The van der Waals surface area contributed by atoms with Gasteiger partial charge in [-0.2, -0.15) is 5.10 Å². The highest BCUT2D eigenvalue weighted by atomic mass is 19.1. The van der Waals surface area contributed by atoms with Gasteiger partial charge in [0.25, 0.3) is 0 Å². The second-order valence-corrected chi connectivity index (χ2v) is 7.70. The van der Waals surface area contributed by atoms with E-state index >= 15 is 0 Å². The number of benzene rings is 1. The molecule has 0 aliphatic heterocycles. The van der Waals surface area contributed by atoms with Crippen molar-refractivity contribution < 1.29 is 23.5 Å². The molecule has 9 heteroatoms. The molecule has 0 amide bonds. The van der Waals surface area contributed by atoms with E-state index in [1.54, 1.807) is 6.92 Å². The van der Waals surface area contributed by atoms with E-state index in [9.17, 15) is 13.9 Å². The van der Waals surface area contributed by atoms with E-state index in [4.69, 9.17) is 9.57 Å². The third kappa shape index (κ3) is 4.02. The summed E-state index contributed by atoms with van der Waals surface area (Å²) in [4.78, 5) is 9.33. The zero-order valence-corrected chi connectivity index (χ0v) is 17.0. The van der Waals surface area contributed by atoms with Gasteiger partial charge >= 0.3 is 0 Å². The topological polar surface area (TPSA) is 81.8 Å². The molecule has 1 aromatic carbocycles. The lowest BCUT2D eigenvalue weighted by atomic mass is 9.72. The van der Waals surface area contributed by atoms with Crippen molar-refractivity contribution in [1.82, 2.24) is 14.8 Å². The average Bonchev–Trinajstić information content (AvgIpc) is 3.31. The summed E-state index contributed by atoms with van der Waals surface area (Å²) in [5, 5.41) is 20.3. The third-order valence-electron chi connectivity index (χ3n) is 5.44. The van der Waals surface area contributed by atoms with E-state index < -0.39 is 28.9 Å². The Balaban J connectivity index is 2.11. The normalized spacial score (nSPS) is 19.1. The molecule has 0 radical (unpaired) electrons. The molecule has 2 aromatic rings. The number of ether oxygens (including phenoxy) is 1. The van der Waals surface area contributed by atoms with E-state index in [1.165, 1.54) is 30.5 Å². The minimum atomic E-state index is -1.73. The molecule has 7 nitrogen and oxygen atoms in total. The highest BCUT2D eigenvalue weighted by Crippen LogP contribution is 2.61. The lowest BCUT2D eigenvalue weighted by Gasteiger charge is -2.39. The van der Waals surface area contributed by atoms with Crippen molar-refractivity contribution in [2.45, 2.75) is 52.0 Å². The fourth-order valence-corrected chi connectivity index (χ4v) is 3.79. The molecule has 1 fully saturated rings. The Bertz CT molecular complexity index is 869. The maximum absolute atomic E-state index is 14.8. The second kappa shape index (κ2) is 8.16. The summed E-state index contributed by atoms with van der Waals surface area (Å²) in [5.74, 6) is -1.63.